The zero-order chi connectivity index (χ0) is 18.9. The summed E-state index contributed by atoms with van der Waals surface area (Å²) in [5.74, 6) is 0.556. The Morgan fingerprint density at radius 2 is 1.96 bits per heavy atom. The number of benzene rings is 1. The number of fused-ring (bicyclic) bond motifs is 1. The van der Waals surface area contributed by atoms with E-state index in [1.165, 1.54) is 24.8 Å². The number of nitrogens with one attached hydrogen (secondary N) is 2. The van der Waals surface area contributed by atoms with E-state index in [2.05, 4.69) is 10.6 Å². The molecule has 3 atom stereocenters. The van der Waals surface area contributed by atoms with E-state index in [0.29, 0.717) is 5.92 Å². The van der Waals surface area contributed by atoms with Crippen molar-refractivity contribution in [2.45, 2.75) is 43.5 Å². The van der Waals surface area contributed by atoms with Crippen LogP contribution in [-0.4, -0.2) is 45.8 Å². The lowest BCUT2D eigenvalue weighted by molar-refractivity contribution is -0.134. The van der Waals surface area contributed by atoms with E-state index >= 15 is 0 Å². The molecule has 3 rings (SSSR count). The molecule has 0 bridgehead atoms. The maximum atomic E-state index is 13.0. The highest BCUT2D eigenvalue weighted by Gasteiger charge is 2.49. The molecule has 6 nitrogen and oxygen atoms in total. The summed E-state index contributed by atoms with van der Waals surface area (Å²) in [5, 5.41) is 6.57. The normalized spacial score (nSPS) is 27.2. The lowest BCUT2D eigenvalue weighted by Gasteiger charge is -2.38. The largest absolute Gasteiger partial charge is 0.349 e. The van der Waals surface area contributed by atoms with Gasteiger partial charge < -0.3 is 10.6 Å². The van der Waals surface area contributed by atoms with Gasteiger partial charge in [-0.15, -0.1) is 0 Å². The maximum Gasteiger partial charge on any atom is 0.242 e. The molecule has 2 fully saturated rings. The van der Waals surface area contributed by atoms with E-state index in [4.69, 9.17) is 0 Å². The summed E-state index contributed by atoms with van der Waals surface area (Å²) in [7, 11) is -0.404. The minimum Gasteiger partial charge on any atom is -0.349 e. The summed E-state index contributed by atoms with van der Waals surface area (Å²) in [6.45, 7) is 3.64. The summed E-state index contributed by atoms with van der Waals surface area (Å²) in [6.07, 6.45) is 4.38. The van der Waals surface area contributed by atoms with Gasteiger partial charge in [0.25, 0.3) is 0 Å². The van der Waals surface area contributed by atoms with Gasteiger partial charge in [-0.05, 0) is 49.9 Å². The molecular formula is C19H29N3O3S. The van der Waals surface area contributed by atoms with Crippen LogP contribution in [0, 0.1) is 11.3 Å². The molecule has 1 unspecified atom stereocenters. The summed E-state index contributed by atoms with van der Waals surface area (Å²) >= 11 is 0. The van der Waals surface area contributed by atoms with Crippen molar-refractivity contribution in [3.63, 3.8) is 0 Å². The van der Waals surface area contributed by atoms with Crippen LogP contribution in [0.3, 0.4) is 0 Å². The first-order chi connectivity index (χ1) is 12.3. The average molecular weight is 380 g/mol. The molecule has 1 saturated heterocycles. The molecule has 1 aromatic rings. The predicted octanol–water partition coefficient (Wildman–Crippen LogP) is 1.89. The molecule has 1 aliphatic carbocycles. The fraction of sp³-hybridized carbons (Fsp3) is 0.632. The SMILES string of the molecule is CC(NC(=O)[C@@]12CCCC[C@H]1CNC2)c1ccc(S(=O)(=O)N(C)C)cc1. The van der Waals surface area contributed by atoms with Crippen LogP contribution in [0.5, 0.6) is 0 Å². The van der Waals surface area contributed by atoms with Gasteiger partial charge >= 0.3 is 0 Å². The standard InChI is InChI=1S/C19H29N3O3S/c1-14(15-7-9-17(10-8-15)26(24,25)22(2)3)21-18(23)19-11-5-4-6-16(19)12-20-13-19/h7-10,14,16,20H,4-6,11-13H2,1-3H3,(H,21,23)/t14?,16-,19+/m0/s1. The average Bonchev–Trinajstić information content (AvgIpc) is 3.07. The van der Waals surface area contributed by atoms with Crippen LogP contribution in [0.25, 0.3) is 0 Å². The molecule has 144 valence electrons. The van der Waals surface area contributed by atoms with Crippen molar-refractivity contribution in [1.29, 1.82) is 0 Å². The van der Waals surface area contributed by atoms with E-state index in [1.54, 1.807) is 24.3 Å². The van der Waals surface area contributed by atoms with Crippen molar-refractivity contribution in [1.82, 2.24) is 14.9 Å². The molecule has 0 aromatic heterocycles. The second kappa shape index (κ2) is 7.29. The van der Waals surface area contributed by atoms with Gasteiger partial charge in [0.2, 0.25) is 15.9 Å². The van der Waals surface area contributed by atoms with Gasteiger partial charge in [0, 0.05) is 20.6 Å². The first-order valence-corrected chi connectivity index (χ1v) is 10.8. The van der Waals surface area contributed by atoms with Gasteiger partial charge in [-0.2, -0.15) is 0 Å². The molecular weight excluding hydrogens is 350 g/mol. The molecule has 1 saturated carbocycles. The van der Waals surface area contributed by atoms with Crippen LogP contribution in [0.1, 0.15) is 44.2 Å². The van der Waals surface area contributed by atoms with Crippen molar-refractivity contribution < 1.29 is 13.2 Å². The number of sulfonamides is 1. The van der Waals surface area contributed by atoms with Crippen LogP contribution in [0.4, 0.5) is 0 Å². The quantitative estimate of drug-likeness (QED) is 0.819. The Labute approximate surface area is 156 Å². The van der Waals surface area contributed by atoms with E-state index in [0.717, 1.165) is 37.9 Å². The minimum absolute atomic E-state index is 0.129. The van der Waals surface area contributed by atoms with Crippen LogP contribution in [0.15, 0.2) is 29.2 Å². The van der Waals surface area contributed by atoms with Gasteiger partial charge in [0.15, 0.2) is 0 Å². The minimum atomic E-state index is -3.43. The van der Waals surface area contributed by atoms with E-state index in [1.807, 2.05) is 6.92 Å². The van der Waals surface area contributed by atoms with Gasteiger partial charge in [0.05, 0.1) is 16.4 Å². The third-order valence-corrected chi connectivity index (χ3v) is 7.83. The Bertz CT molecular complexity index is 761. The first kappa shape index (κ1) is 19.3. The van der Waals surface area contributed by atoms with Gasteiger partial charge in [-0.3, -0.25) is 4.79 Å². The monoisotopic (exact) mass is 379 g/mol. The topological polar surface area (TPSA) is 78.5 Å². The van der Waals surface area contributed by atoms with Gasteiger partial charge in [0.1, 0.15) is 0 Å². The number of nitrogens with zero attached hydrogens (tertiary/aromatic N) is 1. The lowest BCUT2D eigenvalue weighted by atomic mass is 9.67. The van der Waals surface area contributed by atoms with E-state index in [-0.39, 0.29) is 22.3 Å². The maximum absolute atomic E-state index is 13.0. The molecule has 0 radical (unpaired) electrons. The van der Waals surface area contributed by atoms with Crippen molar-refractivity contribution in [3.05, 3.63) is 29.8 Å². The fourth-order valence-electron chi connectivity index (χ4n) is 4.25. The summed E-state index contributed by atoms with van der Waals surface area (Å²) in [6, 6.07) is 6.61. The predicted molar refractivity (Wildman–Crippen MR) is 101 cm³/mol. The number of hydrogen-bond acceptors (Lipinski definition) is 4. The van der Waals surface area contributed by atoms with Gasteiger partial charge in [-0.25, -0.2) is 12.7 Å². The van der Waals surface area contributed by atoms with E-state index in [9.17, 15) is 13.2 Å². The van der Waals surface area contributed by atoms with Crippen molar-refractivity contribution in [3.8, 4) is 0 Å². The van der Waals surface area contributed by atoms with Crippen LogP contribution in [0.2, 0.25) is 0 Å². The zero-order valence-electron chi connectivity index (χ0n) is 15.8. The molecule has 0 spiro atoms. The van der Waals surface area contributed by atoms with Crippen LogP contribution in [-0.2, 0) is 14.8 Å². The summed E-state index contributed by atoms with van der Waals surface area (Å²) < 4.78 is 25.5. The third-order valence-electron chi connectivity index (χ3n) is 6.00. The van der Waals surface area contributed by atoms with Crippen LogP contribution < -0.4 is 10.6 Å². The van der Waals surface area contributed by atoms with Crippen molar-refractivity contribution in [2.75, 3.05) is 27.2 Å². The molecule has 26 heavy (non-hydrogen) atoms. The highest BCUT2D eigenvalue weighted by molar-refractivity contribution is 7.89. The number of rotatable bonds is 5. The van der Waals surface area contributed by atoms with Crippen molar-refractivity contribution >= 4 is 15.9 Å². The fourth-order valence-corrected chi connectivity index (χ4v) is 5.16. The number of carbonyl (C=O) groups excluding carboxylic acids is 1. The molecule has 1 heterocycles. The molecule has 2 N–H and O–H groups in total. The smallest absolute Gasteiger partial charge is 0.242 e. The Hall–Kier alpha value is -1.44. The van der Waals surface area contributed by atoms with Crippen molar-refractivity contribution in [2.24, 2.45) is 11.3 Å². The Balaban J connectivity index is 1.72. The summed E-state index contributed by atoms with van der Waals surface area (Å²) in [5.41, 5.74) is 0.631. The second-order valence-corrected chi connectivity index (χ2v) is 9.93. The summed E-state index contributed by atoms with van der Waals surface area (Å²) in [4.78, 5) is 13.3. The van der Waals surface area contributed by atoms with Gasteiger partial charge in [-0.1, -0.05) is 25.0 Å². The molecule has 1 amide bonds. The van der Waals surface area contributed by atoms with E-state index < -0.39 is 10.0 Å². The number of amides is 1. The Kier molecular flexibility index (Phi) is 5.42. The molecule has 7 heteroatoms. The molecule has 1 aromatic carbocycles. The second-order valence-electron chi connectivity index (χ2n) is 7.78. The molecule has 1 aliphatic heterocycles. The lowest BCUT2D eigenvalue weighted by Crippen LogP contribution is -2.48. The Morgan fingerprint density at radius 3 is 2.62 bits per heavy atom. The van der Waals surface area contributed by atoms with Crippen LogP contribution >= 0.6 is 0 Å². The third kappa shape index (κ3) is 3.40. The number of carbonyl (C=O) groups is 1. The Morgan fingerprint density at radius 1 is 1.27 bits per heavy atom. The highest BCUT2D eigenvalue weighted by atomic mass is 32.2. The first-order valence-electron chi connectivity index (χ1n) is 9.31. The highest BCUT2D eigenvalue weighted by Crippen LogP contribution is 2.44. The zero-order valence-corrected chi connectivity index (χ0v) is 16.6. The number of hydrogen-bond donors (Lipinski definition) is 2. The molecule has 2 aliphatic rings.